The maximum atomic E-state index is 12.5. The lowest BCUT2D eigenvalue weighted by Gasteiger charge is -2.12. The largest absolute Gasteiger partial charge is 0.508 e. The number of phenols is 1. The third-order valence-corrected chi connectivity index (χ3v) is 4.13. The van der Waals surface area contributed by atoms with Gasteiger partial charge in [0.2, 0.25) is 0 Å². The molecule has 0 spiro atoms. The lowest BCUT2D eigenvalue weighted by atomic mass is 10.2. The van der Waals surface area contributed by atoms with Gasteiger partial charge in [-0.3, -0.25) is 19.7 Å². The molecule has 1 heterocycles. The van der Waals surface area contributed by atoms with Crippen molar-refractivity contribution in [3.8, 4) is 5.75 Å². The molecular formula is C16H10N2O5S. The van der Waals surface area contributed by atoms with Crippen LogP contribution >= 0.6 is 11.8 Å². The van der Waals surface area contributed by atoms with Gasteiger partial charge in [0, 0.05) is 18.2 Å². The molecule has 3 rings (SSSR count). The highest BCUT2D eigenvalue weighted by Crippen LogP contribution is 2.36. The SMILES string of the molecule is O=C1S/C(=C\c2cccc([N+](=O)[O-])c2)C(=O)N1c1cccc(O)c1. The summed E-state index contributed by atoms with van der Waals surface area (Å²) in [4.78, 5) is 35.9. The Morgan fingerprint density at radius 3 is 2.58 bits per heavy atom. The first-order valence-corrected chi connectivity index (χ1v) is 7.59. The van der Waals surface area contributed by atoms with Crippen LogP contribution in [0.15, 0.2) is 53.4 Å². The van der Waals surface area contributed by atoms with Crippen LogP contribution in [0.4, 0.5) is 16.2 Å². The number of hydrogen-bond acceptors (Lipinski definition) is 6. The number of thioether (sulfide) groups is 1. The van der Waals surface area contributed by atoms with Gasteiger partial charge in [-0.25, -0.2) is 4.90 Å². The normalized spacial score (nSPS) is 16.0. The van der Waals surface area contributed by atoms with Gasteiger partial charge in [0.15, 0.2) is 0 Å². The average molecular weight is 342 g/mol. The van der Waals surface area contributed by atoms with E-state index >= 15 is 0 Å². The molecule has 2 aromatic rings. The number of rotatable bonds is 3. The van der Waals surface area contributed by atoms with Crippen molar-refractivity contribution in [2.24, 2.45) is 0 Å². The molecule has 0 atom stereocenters. The monoisotopic (exact) mass is 342 g/mol. The smallest absolute Gasteiger partial charge is 0.298 e. The quantitative estimate of drug-likeness (QED) is 0.520. The summed E-state index contributed by atoms with van der Waals surface area (Å²) in [6.45, 7) is 0. The Labute approximate surface area is 140 Å². The first kappa shape index (κ1) is 15.8. The minimum Gasteiger partial charge on any atom is -0.508 e. The van der Waals surface area contributed by atoms with Crippen molar-refractivity contribution in [3.05, 3.63) is 69.1 Å². The minimum absolute atomic E-state index is 0.0609. The molecule has 2 amide bonds. The van der Waals surface area contributed by atoms with Gasteiger partial charge in [-0.15, -0.1) is 0 Å². The molecule has 1 saturated heterocycles. The number of imide groups is 1. The Hall–Kier alpha value is -3.13. The number of carbonyl (C=O) groups excluding carboxylic acids is 2. The highest BCUT2D eigenvalue weighted by atomic mass is 32.2. The molecule has 2 aromatic carbocycles. The molecule has 1 aliphatic heterocycles. The second-order valence-corrected chi connectivity index (χ2v) is 5.88. The van der Waals surface area contributed by atoms with Crippen LogP contribution in [0.1, 0.15) is 5.56 Å². The second kappa shape index (κ2) is 6.17. The molecule has 7 nitrogen and oxygen atoms in total. The van der Waals surface area contributed by atoms with Crippen molar-refractivity contribution in [2.75, 3.05) is 4.90 Å². The Kier molecular flexibility index (Phi) is 4.05. The summed E-state index contributed by atoms with van der Waals surface area (Å²) in [7, 11) is 0. The molecule has 0 radical (unpaired) electrons. The van der Waals surface area contributed by atoms with Gasteiger partial charge in [-0.1, -0.05) is 18.2 Å². The number of hydrogen-bond donors (Lipinski definition) is 1. The lowest BCUT2D eigenvalue weighted by molar-refractivity contribution is -0.384. The number of non-ortho nitro benzene ring substituents is 1. The van der Waals surface area contributed by atoms with Crippen LogP contribution in [0.3, 0.4) is 0 Å². The summed E-state index contributed by atoms with van der Waals surface area (Å²) in [5, 5.41) is 19.8. The fraction of sp³-hybridized carbons (Fsp3) is 0. The van der Waals surface area contributed by atoms with E-state index in [2.05, 4.69) is 0 Å². The summed E-state index contributed by atoms with van der Waals surface area (Å²) in [5.41, 5.74) is 0.613. The van der Waals surface area contributed by atoms with Gasteiger partial charge in [0.25, 0.3) is 16.8 Å². The van der Waals surface area contributed by atoms with Crippen LogP contribution < -0.4 is 4.90 Å². The Morgan fingerprint density at radius 2 is 1.88 bits per heavy atom. The first-order chi connectivity index (χ1) is 11.5. The predicted molar refractivity (Wildman–Crippen MR) is 89.7 cm³/mol. The van der Waals surface area contributed by atoms with Crippen LogP contribution in [0, 0.1) is 10.1 Å². The Bertz CT molecular complexity index is 894. The van der Waals surface area contributed by atoms with Gasteiger partial charge in [-0.05, 0) is 35.5 Å². The Morgan fingerprint density at radius 1 is 1.12 bits per heavy atom. The number of aromatic hydroxyl groups is 1. The van der Waals surface area contributed by atoms with E-state index < -0.39 is 16.1 Å². The third kappa shape index (κ3) is 2.99. The van der Waals surface area contributed by atoms with E-state index in [1.165, 1.54) is 48.5 Å². The number of anilines is 1. The molecule has 1 fully saturated rings. The highest BCUT2D eigenvalue weighted by molar-refractivity contribution is 8.19. The second-order valence-electron chi connectivity index (χ2n) is 4.89. The average Bonchev–Trinajstić information content (AvgIpc) is 2.81. The minimum atomic E-state index is -0.540. The molecule has 0 unspecified atom stereocenters. The van der Waals surface area contributed by atoms with E-state index in [0.29, 0.717) is 5.56 Å². The van der Waals surface area contributed by atoms with Crippen molar-refractivity contribution in [1.29, 1.82) is 0 Å². The third-order valence-electron chi connectivity index (χ3n) is 3.26. The summed E-state index contributed by atoms with van der Waals surface area (Å²) in [5.74, 6) is -0.601. The van der Waals surface area contributed by atoms with Gasteiger partial charge < -0.3 is 5.11 Å². The van der Waals surface area contributed by atoms with Gasteiger partial charge in [-0.2, -0.15) is 0 Å². The number of amides is 2. The van der Waals surface area contributed by atoms with Crippen LogP contribution in [-0.2, 0) is 4.79 Å². The van der Waals surface area contributed by atoms with E-state index in [4.69, 9.17) is 0 Å². The van der Waals surface area contributed by atoms with Crippen LogP contribution in [0.25, 0.3) is 6.08 Å². The van der Waals surface area contributed by atoms with Crippen molar-refractivity contribution in [2.45, 2.75) is 0 Å². The van der Waals surface area contributed by atoms with Crippen LogP contribution in [0.2, 0.25) is 0 Å². The van der Waals surface area contributed by atoms with Crippen molar-refractivity contribution >= 4 is 40.4 Å². The maximum absolute atomic E-state index is 12.5. The van der Waals surface area contributed by atoms with E-state index in [1.807, 2.05) is 0 Å². The zero-order valence-electron chi connectivity index (χ0n) is 12.1. The number of nitrogens with zero attached hydrogens (tertiary/aromatic N) is 2. The zero-order chi connectivity index (χ0) is 17.3. The van der Waals surface area contributed by atoms with Gasteiger partial charge in [0.1, 0.15) is 5.75 Å². The van der Waals surface area contributed by atoms with Gasteiger partial charge >= 0.3 is 0 Å². The highest BCUT2D eigenvalue weighted by Gasteiger charge is 2.36. The molecular weight excluding hydrogens is 332 g/mol. The maximum Gasteiger partial charge on any atom is 0.298 e. The molecule has 0 bridgehead atoms. The topological polar surface area (TPSA) is 101 Å². The fourth-order valence-electron chi connectivity index (χ4n) is 2.20. The predicted octanol–water partition coefficient (Wildman–Crippen LogP) is 3.54. The zero-order valence-corrected chi connectivity index (χ0v) is 12.9. The summed E-state index contributed by atoms with van der Waals surface area (Å²) in [6, 6.07) is 11.6. The first-order valence-electron chi connectivity index (χ1n) is 6.77. The van der Waals surface area contributed by atoms with Crippen molar-refractivity contribution in [1.82, 2.24) is 0 Å². The summed E-state index contributed by atoms with van der Waals surface area (Å²) < 4.78 is 0. The van der Waals surface area contributed by atoms with E-state index in [-0.39, 0.29) is 22.0 Å². The van der Waals surface area contributed by atoms with Crippen molar-refractivity contribution < 1.29 is 19.6 Å². The van der Waals surface area contributed by atoms with Crippen LogP contribution in [0.5, 0.6) is 5.75 Å². The fourth-order valence-corrected chi connectivity index (χ4v) is 3.04. The van der Waals surface area contributed by atoms with E-state index in [9.17, 15) is 24.8 Å². The molecule has 1 N–H and O–H groups in total. The molecule has 1 aliphatic rings. The number of phenolic OH excluding ortho intramolecular Hbond substituents is 1. The van der Waals surface area contributed by atoms with Crippen LogP contribution in [-0.4, -0.2) is 21.2 Å². The molecule has 24 heavy (non-hydrogen) atoms. The summed E-state index contributed by atoms with van der Waals surface area (Å²) in [6.07, 6.45) is 1.43. The standard InChI is InChI=1S/C16H10N2O5S/c19-13-6-2-4-11(9-13)17-15(20)14(24-16(17)21)8-10-3-1-5-12(7-10)18(22)23/h1-9,19H/b14-8-. The molecule has 0 saturated carbocycles. The van der Waals surface area contributed by atoms with E-state index in [1.54, 1.807) is 6.07 Å². The number of benzene rings is 2. The number of nitro groups is 1. The number of carbonyl (C=O) groups is 2. The van der Waals surface area contributed by atoms with Gasteiger partial charge in [0.05, 0.1) is 15.5 Å². The van der Waals surface area contributed by atoms with Crippen molar-refractivity contribution in [3.63, 3.8) is 0 Å². The Balaban J connectivity index is 1.94. The van der Waals surface area contributed by atoms with E-state index in [0.717, 1.165) is 16.7 Å². The molecule has 8 heteroatoms. The molecule has 0 aromatic heterocycles. The lowest BCUT2D eigenvalue weighted by Crippen LogP contribution is -2.27. The number of nitro benzene ring substituents is 1. The molecule has 120 valence electrons. The summed E-state index contributed by atoms with van der Waals surface area (Å²) >= 11 is 0.739. The molecule has 0 aliphatic carbocycles.